The van der Waals surface area contributed by atoms with Crippen molar-refractivity contribution in [3.63, 3.8) is 0 Å². The average Bonchev–Trinajstić information content (AvgIpc) is 3.33. The molecular weight excluding hydrogens is 455 g/mol. The first-order chi connectivity index (χ1) is 14.7. The normalized spacial score (nSPS) is 28.6. The molecule has 4 atom stereocenters. The smallest absolute Gasteiger partial charge is 0.175 e. The summed E-state index contributed by atoms with van der Waals surface area (Å²) in [6.07, 6.45) is 1.83. The number of rotatable bonds is 4. The van der Waals surface area contributed by atoms with Gasteiger partial charge < -0.3 is 9.64 Å². The lowest BCUT2D eigenvalue weighted by Crippen LogP contribution is -2.40. The zero-order chi connectivity index (χ0) is 21.9. The van der Waals surface area contributed by atoms with Crippen molar-refractivity contribution in [3.05, 3.63) is 57.6 Å². The second-order valence-corrected chi connectivity index (χ2v) is 12.1. The maximum atomic E-state index is 11.8. The first kappa shape index (κ1) is 21.5. The molecule has 0 amide bonds. The van der Waals surface area contributed by atoms with Crippen LogP contribution in [0.5, 0.6) is 5.75 Å². The van der Waals surface area contributed by atoms with Crippen molar-refractivity contribution in [2.45, 2.75) is 23.5 Å². The van der Waals surface area contributed by atoms with Crippen LogP contribution in [0.25, 0.3) is 0 Å². The van der Waals surface area contributed by atoms with Crippen molar-refractivity contribution in [3.8, 4) is 5.75 Å². The Balaban J connectivity index is 1.45. The Bertz CT molecular complexity index is 1090. The van der Waals surface area contributed by atoms with E-state index in [0.717, 1.165) is 43.7 Å². The number of likely N-dealkylation sites (tertiary alicyclic amines) is 2. The van der Waals surface area contributed by atoms with E-state index in [4.69, 9.17) is 27.9 Å². The summed E-state index contributed by atoms with van der Waals surface area (Å²) in [7, 11) is -1.05. The van der Waals surface area contributed by atoms with Gasteiger partial charge in [-0.1, -0.05) is 23.2 Å². The molecule has 0 bridgehead atoms. The molecule has 2 aromatic rings. The molecule has 2 aromatic carbocycles. The van der Waals surface area contributed by atoms with E-state index in [-0.39, 0.29) is 17.0 Å². The van der Waals surface area contributed by atoms with Crippen LogP contribution in [0.3, 0.4) is 0 Å². The third-order valence-corrected chi connectivity index (χ3v) is 8.63. The fourth-order valence-corrected chi connectivity index (χ4v) is 6.74. The highest BCUT2D eigenvalue weighted by molar-refractivity contribution is 7.90. The van der Waals surface area contributed by atoms with Gasteiger partial charge in [-0.2, -0.15) is 0 Å². The molecule has 3 aliphatic rings. The lowest BCUT2D eigenvalue weighted by Gasteiger charge is -2.31. The Labute approximate surface area is 193 Å². The predicted octanol–water partition coefficient (Wildman–Crippen LogP) is 3.94. The molecule has 2 heterocycles. The highest BCUT2D eigenvalue weighted by Gasteiger charge is 2.46. The summed E-state index contributed by atoms with van der Waals surface area (Å²) in [5.41, 5.74) is 2.13. The van der Waals surface area contributed by atoms with Gasteiger partial charge in [-0.15, -0.1) is 0 Å². The van der Waals surface area contributed by atoms with Crippen LogP contribution in [-0.2, 0) is 16.3 Å². The first-order valence-corrected chi connectivity index (χ1v) is 13.2. The molecule has 2 fully saturated rings. The minimum atomic E-state index is -3.25. The van der Waals surface area contributed by atoms with Crippen LogP contribution in [0.1, 0.15) is 17.2 Å². The number of hydrogen-bond acceptors (Lipinski definition) is 5. The van der Waals surface area contributed by atoms with Crippen LogP contribution in [0.4, 0.5) is 0 Å². The maximum Gasteiger partial charge on any atom is 0.175 e. The summed E-state index contributed by atoms with van der Waals surface area (Å²) in [5.74, 6) is 2.04. The van der Waals surface area contributed by atoms with Gasteiger partial charge in [-0.25, -0.2) is 8.42 Å². The minimum absolute atomic E-state index is 0.177. The second-order valence-electron chi connectivity index (χ2n) is 9.20. The molecule has 0 spiro atoms. The average molecular weight is 481 g/mol. The first-order valence-electron chi connectivity index (χ1n) is 10.6. The highest BCUT2D eigenvalue weighted by atomic mass is 35.5. The van der Waals surface area contributed by atoms with Gasteiger partial charge in [0.05, 0.1) is 10.9 Å². The summed E-state index contributed by atoms with van der Waals surface area (Å²) in [6.45, 7) is 4.41. The van der Waals surface area contributed by atoms with Crippen molar-refractivity contribution in [2.75, 3.05) is 39.5 Å². The molecule has 5 rings (SSSR count). The molecule has 1 aliphatic carbocycles. The lowest BCUT2D eigenvalue weighted by atomic mass is 10.0. The molecule has 0 unspecified atom stereocenters. The molecule has 0 radical (unpaired) electrons. The zero-order valence-electron chi connectivity index (χ0n) is 17.6. The lowest BCUT2D eigenvalue weighted by molar-refractivity contribution is 0.0863. The van der Waals surface area contributed by atoms with Crippen molar-refractivity contribution >= 4 is 33.0 Å². The fourth-order valence-electron chi connectivity index (χ4n) is 5.53. The summed E-state index contributed by atoms with van der Waals surface area (Å²) in [4.78, 5) is 5.26. The van der Waals surface area contributed by atoms with Crippen LogP contribution in [0, 0.1) is 11.8 Å². The van der Waals surface area contributed by atoms with Crippen molar-refractivity contribution in [1.29, 1.82) is 0 Å². The van der Waals surface area contributed by atoms with Gasteiger partial charge in [0.15, 0.2) is 9.84 Å². The topological polar surface area (TPSA) is 49.9 Å². The molecular formula is C23H26Cl2N2O3S. The zero-order valence-corrected chi connectivity index (χ0v) is 19.9. The van der Waals surface area contributed by atoms with Gasteiger partial charge in [-0.3, -0.25) is 4.90 Å². The number of hydrogen-bond donors (Lipinski definition) is 0. The minimum Gasteiger partial charge on any atom is -0.484 e. The van der Waals surface area contributed by atoms with Crippen LogP contribution < -0.4 is 4.74 Å². The Morgan fingerprint density at radius 2 is 1.65 bits per heavy atom. The van der Waals surface area contributed by atoms with Crippen LogP contribution >= 0.6 is 23.2 Å². The molecule has 0 aromatic heterocycles. The third kappa shape index (κ3) is 4.09. The molecule has 166 valence electrons. The maximum absolute atomic E-state index is 11.8. The number of benzene rings is 2. The van der Waals surface area contributed by atoms with Gasteiger partial charge in [0.1, 0.15) is 11.9 Å². The van der Waals surface area contributed by atoms with Gasteiger partial charge in [0.25, 0.3) is 0 Å². The van der Waals surface area contributed by atoms with Gasteiger partial charge in [0.2, 0.25) is 0 Å². The van der Waals surface area contributed by atoms with Crippen LogP contribution in [0.2, 0.25) is 10.0 Å². The van der Waals surface area contributed by atoms with E-state index in [9.17, 15) is 8.42 Å². The van der Waals surface area contributed by atoms with Gasteiger partial charge >= 0.3 is 0 Å². The van der Waals surface area contributed by atoms with Crippen molar-refractivity contribution < 1.29 is 13.2 Å². The van der Waals surface area contributed by atoms with E-state index < -0.39 is 9.84 Å². The molecule has 2 saturated heterocycles. The SMILES string of the molecule is CN1C[C@H]2CN([C@@H]3Cc4c(Cl)cc(Cl)cc4[C@@H]3Oc3ccc(S(C)(=O)=O)cc3)C[C@@H]2C1. The van der Waals surface area contributed by atoms with E-state index in [0.29, 0.717) is 27.6 Å². The van der Waals surface area contributed by atoms with E-state index in [2.05, 4.69) is 16.8 Å². The number of halogens is 2. The monoisotopic (exact) mass is 480 g/mol. The van der Waals surface area contributed by atoms with E-state index >= 15 is 0 Å². The third-order valence-electron chi connectivity index (χ3n) is 6.95. The van der Waals surface area contributed by atoms with E-state index in [1.54, 1.807) is 30.3 Å². The fraction of sp³-hybridized carbons (Fsp3) is 0.478. The number of fused-ring (bicyclic) bond motifs is 2. The Kier molecular flexibility index (Phi) is 5.50. The Hall–Kier alpha value is -1.31. The summed E-state index contributed by atoms with van der Waals surface area (Å²) >= 11 is 12.9. The van der Waals surface area contributed by atoms with Crippen LogP contribution in [0.15, 0.2) is 41.3 Å². The highest BCUT2D eigenvalue weighted by Crippen LogP contribution is 2.45. The molecule has 2 aliphatic heterocycles. The largest absolute Gasteiger partial charge is 0.484 e. The Morgan fingerprint density at radius 1 is 1.00 bits per heavy atom. The van der Waals surface area contributed by atoms with E-state index in [1.807, 2.05) is 6.07 Å². The second kappa shape index (κ2) is 7.92. The van der Waals surface area contributed by atoms with Gasteiger partial charge in [-0.05, 0) is 67.3 Å². The van der Waals surface area contributed by atoms with Crippen molar-refractivity contribution in [2.24, 2.45) is 11.8 Å². The molecule has 0 saturated carbocycles. The molecule has 5 nitrogen and oxygen atoms in total. The molecule has 31 heavy (non-hydrogen) atoms. The van der Waals surface area contributed by atoms with Crippen molar-refractivity contribution in [1.82, 2.24) is 9.80 Å². The van der Waals surface area contributed by atoms with E-state index in [1.165, 1.54) is 6.26 Å². The summed E-state index contributed by atoms with van der Waals surface area (Å²) in [5, 5.41) is 1.29. The molecule has 0 N–H and O–H groups in total. The summed E-state index contributed by atoms with van der Waals surface area (Å²) < 4.78 is 30.1. The predicted molar refractivity (Wildman–Crippen MR) is 123 cm³/mol. The molecule has 8 heteroatoms. The number of nitrogens with zero attached hydrogens (tertiary/aromatic N) is 2. The van der Waals surface area contributed by atoms with Gasteiger partial charge in [0, 0.05) is 48.0 Å². The Morgan fingerprint density at radius 3 is 2.26 bits per heavy atom. The number of sulfone groups is 1. The summed E-state index contributed by atoms with van der Waals surface area (Å²) in [6, 6.07) is 10.6. The number of ether oxygens (including phenoxy) is 1. The quantitative estimate of drug-likeness (QED) is 0.663. The van der Waals surface area contributed by atoms with Crippen LogP contribution in [-0.4, -0.2) is 63.7 Å². The standard InChI is InChI=1S/C23H26Cl2N2O3S/c1-26-10-14-12-27(13-15(14)11-26)22-9-19-20(7-16(24)8-21(19)25)23(22)30-17-3-5-18(6-4-17)31(2,28)29/h3-8,14-15,22-23H,9-13H2,1-2H3/t14-,15-,22+,23-/m0/s1.